The Hall–Kier alpha value is -2.67. The number of amides is 1. The Labute approximate surface area is 141 Å². The summed E-state index contributed by atoms with van der Waals surface area (Å²) >= 11 is 0. The van der Waals surface area contributed by atoms with Crippen LogP contribution in [-0.4, -0.2) is 43.2 Å². The zero-order chi connectivity index (χ0) is 17.4. The minimum absolute atomic E-state index is 0.252. The third-order valence-corrected chi connectivity index (χ3v) is 3.31. The first-order valence-electron chi connectivity index (χ1n) is 7.65. The lowest BCUT2D eigenvalue weighted by molar-refractivity contribution is 0.0943. The Morgan fingerprint density at radius 3 is 2.71 bits per heavy atom. The molecule has 2 rings (SSSR count). The van der Waals surface area contributed by atoms with Crippen molar-refractivity contribution in [1.29, 1.82) is 0 Å². The van der Waals surface area contributed by atoms with E-state index in [9.17, 15) is 4.79 Å². The summed E-state index contributed by atoms with van der Waals surface area (Å²) in [5.41, 5.74) is 2.16. The number of nitrogens with one attached hydrogen (secondary N) is 2. The lowest BCUT2D eigenvalue weighted by atomic mass is 10.2. The summed E-state index contributed by atoms with van der Waals surface area (Å²) in [4.78, 5) is 20.3. The minimum Gasteiger partial charge on any atom is -0.495 e. The van der Waals surface area contributed by atoms with Gasteiger partial charge in [-0.15, -0.1) is 0 Å². The van der Waals surface area contributed by atoms with Crippen LogP contribution in [0.2, 0.25) is 0 Å². The number of carbonyl (C=O) groups excluding carboxylic acids is 1. The zero-order valence-electron chi connectivity index (χ0n) is 14.1. The van der Waals surface area contributed by atoms with Crippen molar-refractivity contribution in [3.05, 3.63) is 41.9 Å². The largest absolute Gasteiger partial charge is 0.495 e. The topological polar surface area (TPSA) is 85.4 Å². The fourth-order valence-electron chi connectivity index (χ4n) is 2.08. The van der Waals surface area contributed by atoms with Crippen molar-refractivity contribution in [3.8, 4) is 5.75 Å². The summed E-state index contributed by atoms with van der Waals surface area (Å²) in [5.74, 6) is 0.996. The van der Waals surface area contributed by atoms with Gasteiger partial charge in [0, 0.05) is 20.3 Å². The number of hydrogen-bond acceptors (Lipinski definition) is 6. The summed E-state index contributed by atoms with van der Waals surface area (Å²) in [5, 5.41) is 5.91. The van der Waals surface area contributed by atoms with Crippen LogP contribution in [0.15, 0.2) is 30.6 Å². The average molecular weight is 330 g/mol. The highest BCUT2D eigenvalue weighted by molar-refractivity contribution is 5.92. The molecule has 128 valence electrons. The van der Waals surface area contributed by atoms with Gasteiger partial charge in [0.15, 0.2) is 0 Å². The van der Waals surface area contributed by atoms with Gasteiger partial charge in [0.1, 0.15) is 17.3 Å². The second-order valence-corrected chi connectivity index (χ2v) is 5.22. The molecule has 1 heterocycles. The van der Waals surface area contributed by atoms with E-state index in [0.29, 0.717) is 24.7 Å². The summed E-state index contributed by atoms with van der Waals surface area (Å²) in [6.07, 6.45) is 3.71. The van der Waals surface area contributed by atoms with E-state index in [1.165, 1.54) is 12.4 Å². The van der Waals surface area contributed by atoms with Crippen LogP contribution in [0, 0.1) is 6.92 Å². The highest BCUT2D eigenvalue weighted by Gasteiger charge is 2.09. The lowest BCUT2D eigenvalue weighted by Crippen LogP contribution is -2.26. The van der Waals surface area contributed by atoms with Crippen molar-refractivity contribution in [3.63, 3.8) is 0 Å². The standard InChI is InChI=1S/C17H22N4O3/c1-12-5-6-15(24-3)13(9-12)21-16-11-19-14(10-20-16)17(22)18-7-4-8-23-2/h5-6,9-11H,4,7-8H2,1-3H3,(H,18,22)(H,20,21). The van der Waals surface area contributed by atoms with E-state index in [0.717, 1.165) is 17.7 Å². The Bertz CT molecular complexity index is 674. The van der Waals surface area contributed by atoms with Crippen LogP contribution in [0.4, 0.5) is 11.5 Å². The van der Waals surface area contributed by atoms with E-state index >= 15 is 0 Å². The SMILES string of the molecule is COCCCNC(=O)c1cnc(Nc2cc(C)ccc2OC)cn1. The highest BCUT2D eigenvalue weighted by atomic mass is 16.5. The fourth-order valence-corrected chi connectivity index (χ4v) is 2.08. The molecule has 0 fully saturated rings. The van der Waals surface area contributed by atoms with Gasteiger partial charge in [-0.25, -0.2) is 9.97 Å². The monoisotopic (exact) mass is 330 g/mol. The maximum absolute atomic E-state index is 11.9. The molecule has 0 saturated heterocycles. The van der Waals surface area contributed by atoms with Gasteiger partial charge in [0.2, 0.25) is 0 Å². The van der Waals surface area contributed by atoms with Crippen LogP contribution in [0.5, 0.6) is 5.75 Å². The number of nitrogens with zero attached hydrogens (tertiary/aromatic N) is 2. The number of benzene rings is 1. The van der Waals surface area contributed by atoms with Crippen LogP contribution < -0.4 is 15.4 Å². The van der Waals surface area contributed by atoms with Crippen molar-refractivity contribution in [1.82, 2.24) is 15.3 Å². The first-order valence-corrected chi connectivity index (χ1v) is 7.65. The second-order valence-electron chi connectivity index (χ2n) is 5.22. The first-order chi connectivity index (χ1) is 11.6. The molecule has 24 heavy (non-hydrogen) atoms. The van der Waals surface area contributed by atoms with Gasteiger partial charge < -0.3 is 20.1 Å². The molecule has 0 radical (unpaired) electrons. The van der Waals surface area contributed by atoms with E-state index in [1.54, 1.807) is 14.2 Å². The molecule has 2 aromatic rings. The van der Waals surface area contributed by atoms with E-state index in [4.69, 9.17) is 9.47 Å². The second kappa shape index (κ2) is 8.83. The van der Waals surface area contributed by atoms with Gasteiger partial charge in [0.05, 0.1) is 25.2 Å². The average Bonchev–Trinajstić information content (AvgIpc) is 2.59. The fraction of sp³-hybridized carbons (Fsp3) is 0.353. The first kappa shape index (κ1) is 17.7. The van der Waals surface area contributed by atoms with Gasteiger partial charge >= 0.3 is 0 Å². The summed E-state index contributed by atoms with van der Waals surface area (Å²) < 4.78 is 10.2. The van der Waals surface area contributed by atoms with E-state index in [-0.39, 0.29) is 11.6 Å². The molecule has 0 saturated carbocycles. The number of anilines is 2. The molecular formula is C17H22N4O3. The quantitative estimate of drug-likeness (QED) is 0.723. The number of carbonyl (C=O) groups is 1. The van der Waals surface area contributed by atoms with Gasteiger partial charge in [-0.2, -0.15) is 0 Å². The molecule has 0 aliphatic heterocycles. The molecule has 0 aliphatic rings. The van der Waals surface area contributed by atoms with Gasteiger partial charge in [-0.1, -0.05) is 6.07 Å². The molecule has 7 nitrogen and oxygen atoms in total. The third kappa shape index (κ3) is 4.92. The number of aryl methyl sites for hydroxylation is 1. The molecule has 7 heteroatoms. The van der Waals surface area contributed by atoms with E-state index in [1.807, 2.05) is 25.1 Å². The Kier molecular flexibility index (Phi) is 6.51. The van der Waals surface area contributed by atoms with Crippen LogP contribution in [-0.2, 0) is 4.74 Å². The van der Waals surface area contributed by atoms with E-state index in [2.05, 4.69) is 20.6 Å². The molecule has 0 bridgehead atoms. The van der Waals surface area contributed by atoms with Crippen LogP contribution in [0.1, 0.15) is 22.5 Å². The zero-order valence-corrected chi connectivity index (χ0v) is 14.1. The number of ether oxygens (including phenoxy) is 2. The van der Waals surface area contributed by atoms with Crippen LogP contribution in [0.25, 0.3) is 0 Å². The Balaban J connectivity index is 1.99. The molecule has 1 aromatic heterocycles. The molecule has 0 atom stereocenters. The molecule has 0 spiro atoms. The summed E-state index contributed by atoms with van der Waals surface area (Å²) in [6.45, 7) is 3.13. The number of methoxy groups -OCH3 is 2. The molecule has 2 N–H and O–H groups in total. The molecule has 0 aliphatic carbocycles. The number of aromatic nitrogens is 2. The molecule has 0 unspecified atom stereocenters. The van der Waals surface area contributed by atoms with Crippen molar-refractivity contribution >= 4 is 17.4 Å². The number of rotatable bonds is 8. The maximum atomic E-state index is 11.9. The maximum Gasteiger partial charge on any atom is 0.271 e. The minimum atomic E-state index is -0.252. The number of hydrogen-bond donors (Lipinski definition) is 2. The van der Waals surface area contributed by atoms with Crippen molar-refractivity contribution in [2.75, 3.05) is 32.7 Å². The summed E-state index contributed by atoms with van der Waals surface area (Å²) in [7, 11) is 3.24. The van der Waals surface area contributed by atoms with Gasteiger partial charge in [0.25, 0.3) is 5.91 Å². The highest BCUT2D eigenvalue weighted by Crippen LogP contribution is 2.27. The van der Waals surface area contributed by atoms with Crippen LogP contribution >= 0.6 is 0 Å². The lowest BCUT2D eigenvalue weighted by Gasteiger charge is -2.11. The van der Waals surface area contributed by atoms with Crippen molar-refractivity contribution in [2.24, 2.45) is 0 Å². The van der Waals surface area contributed by atoms with Crippen LogP contribution in [0.3, 0.4) is 0 Å². The normalized spacial score (nSPS) is 10.3. The van der Waals surface area contributed by atoms with Crippen molar-refractivity contribution < 1.29 is 14.3 Å². The molecule has 1 aromatic carbocycles. The third-order valence-electron chi connectivity index (χ3n) is 3.31. The molecular weight excluding hydrogens is 308 g/mol. The Morgan fingerprint density at radius 1 is 1.21 bits per heavy atom. The van der Waals surface area contributed by atoms with Crippen molar-refractivity contribution in [2.45, 2.75) is 13.3 Å². The smallest absolute Gasteiger partial charge is 0.271 e. The summed E-state index contributed by atoms with van der Waals surface area (Å²) in [6, 6.07) is 5.80. The van der Waals surface area contributed by atoms with Gasteiger partial charge in [-0.05, 0) is 31.0 Å². The predicted octanol–water partition coefficient (Wildman–Crippen LogP) is 2.30. The Morgan fingerprint density at radius 2 is 2.04 bits per heavy atom. The van der Waals surface area contributed by atoms with E-state index < -0.39 is 0 Å². The molecule has 1 amide bonds. The predicted molar refractivity (Wildman–Crippen MR) is 91.9 cm³/mol. The van der Waals surface area contributed by atoms with Gasteiger partial charge in [-0.3, -0.25) is 4.79 Å².